The number of pyridine rings is 1. The first-order valence-corrected chi connectivity index (χ1v) is 9.07. The van der Waals surface area contributed by atoms with Crippen LogP contribution in [0, 0.1) is 0 Å². The minimum absolute atomic E-state index is 0.00694. The SMILES string of the molecule is CC(C)(C)OC(=O)N1CC[C@H](Oc2cc[n+](Cc3ccccc3)cc2)C1. The first-order valence-electron chi connectivity index (χ1n) is 9.07. The molecule has 1 amide bonds. The van der Waals surface area contributed by atoms with Gasteiger partial charge in [0.25, 0.3) is 0 Å². The number of likely N-dealkylation sites (tertiary alicyclic amines) is 1. The summed E-state index contributed by atoms with van der Waals surface area (Å²) >= 11 is 0. The van der Waals surface area contributed by atoms with Gasteiger partial charge in [-0.2, -0.15) is 0 Å². The number of carbonyl (C=O) groups is 1. The van der Waals surface area contributed by atoms with E-state index in [9.17, 15) is 4.79 Å². The van der Waals surface area contributed by atoms with Crippen molar-refractivity contribution in [2.24, 2.45) is 0 Å². The quantitative estimate of drug-likeness (QED) is 0.790. The lowest BCUT2D eigenvalue weighted by Crippen LogP contribution is -2.36. The van der Waals surface area contributed by atoms with Crippen LogP contribution in [0.15, 0.2) is 54.9 Å². The van der Waals surface area contributed by atoms with Gasteiger partial charge >= 0.3 is 6.09 Å². The fourth-order valence-electron chi connectivity index (χ4n) is 2.93. The molecule has 5 heteroatoms. The zero-order chi connectivity index (χ0) is 18.6. The number of benzene rings is 1. The van der Waals surface area contributed by atoms with Gasteiger partial charge in [-0.1, -0.05) is 30.3 Å². The van der Waals surface area contributed by atoms with Gasteiger partial charge in [0, 0.05) is 30.7 Å². The molecule has 26 heavy (non-hydrogen) atoms. The van der Waals surface area contributed by atoms with Gasteiger partial charge in [-0.05, 0) is 20.8 Å². The second-order valence-electron chi connectivity index (χ2n) is 7.65. The number of aromatic nitrogens is 1. The van der Waals surface area contributed by atoms with Crippen LogP contribution in [0.5, 0.6) is 5.75 Å². The van der Waals surface area contributed by atoms with Crippen LogP contribution in [0.4, 0.5) is 4.79 Å². The summed E-state index contributed by atoms with van der Waals surface area (Å²) in [7, 11) is 0. The van der Waals surface area contributed by atoms with E-state index in [1.165, 1.54) is 5.56 Å². The Labute approximate surface area is 155 Å². The van der Waals surface area contributed by atoms with Gasteiger partial charge in [0.2, 0.25) is 0 Å². The molecule has 1 saturated heterocycles. The van der Waals surface area contributed by atoms with E-state index in [0.717, 1.165) is 18.7 Å². The van der Waals surface area contributed by atoms with Crippen molar-refractivity contribution in [2.75, 3.05) is 13.1 Å². The van der Waals surface area contributed by atoms with E-state index in [1.807, 2.05) is 63.5 Å². The van der Waals surface area contributed by atoms with Crippen LogP contribution >= 0.6 is 0 Å². The number of hydrogen-bond acceptors (Lipinski definition) is 3. The van der Waals surface area contributed by atoms with Gasteiger partial charge in [0.05, 0.1) is 6.54 Å². The highest BCUT2D eigenvalue weighted by molar-refractivity contribution is 5.68. The third-order valence-corrected chi connectivity index (χ3v) is 4.17. The van der Waals surface area contributed by atoms with E-state index in [0.29, 0.717) is 13.1 Å². The Morgan fingerprint density at radius 1 is 1.15 bits per heavy atom. The van der Waals surface area contributed by atoms with Gasteiger partial charge in [-0.3, -0.25) is 0 Å². The summed E-state index contributed by atoms with van der Waals surface area (Å²) in [6.07, 6.45) is 4.59. The Morgan fingerprint density at radius 3 is 2.50 bits per heavy atom. The molecule has 1 fully saturated rings. The first-order chi connectivity index (χ1) is 12.4. The summed E-state index contributed by atoms with van der Waals surface area (Å²) in [5, 5.41) is 0. The van der Waals surface area contributed by atoms with E-state index >= 15 is 0 Å². The Balaban J connectivity index is 1.51. The molecule has 1 atom stereocenters. The molecule has 1 aromatic carbocycles. The molecule has 1 aliphatic heterocycles. The molecular weight excluding hydrogens is 328 g/mol. The fourth-order valence-corrected chi connectivity index (χ4v) is 2.93. The number of nitrogens with zero attached hydrogens (tertiary/aromatic N) is 2. The number of ether oxygens (including phenoxy) is 2. The predicted octanol–water partition coefficient (Wildman–Crippen LogP) is 3.41. The van der Waals surface area contributed by atoms with Gasteiger partial charge in [-0.25, -0.2) is 9.36 Å². The molecule has 0 spiro atoms. The molecule has 5 nitrogen and oxygen atoms in total. The van der Waals surface area contributed by atoms with E-state index < -0.39 is 5.60 Å². The van der Waals surface area contributed by atoms with Crippen LogP contribution in [-0.2, 0) is 11.3 Å². The number of rotatable bonds is 4. The molecule has 0 bridgehead atoms. The molecule has 0 unspecified atom stereocenters. The largest absolute Gasteiger partial charge is 0.488 e. The molecule has 0 saturated carbocycles. The lowest BCUT2D eigenvalue weighted by molar-refractivity contribution is -0.688. The first kappa shape index (κ1) is 18.2. The van der Waals surface area contributed by atoms with Gasteiger partial charge in [0.15, 0.2) is 18.9 Å². The number of hydrogen-bond donors (Lipinski definition) is 0. The van der Waals surface area contributed by atoms with Crippen LogP contribution in [-0.4, -0.2) is 35.8 Å². The lowest BCUT2D eigenvalue weighted by Gasteiger charge is -2.24. The number of carbonyl (C=O) groups excluding carboxylic acids is 1. The molecule has 0 aliphatic carbocycles. The summed E-state index contributed by atoms with van der Waals surface area (Å²) in [4.78, 5) is 13.8. The van der Waals surface area contributed by atoms with E-state index in [2.05, 4.69) is 16.7 Å². The Kier molecular flexibility index (Phi) is 5.45. The van der Waals surface area contributed by atoms with Crippen molar-refractivity contribution in [3.05, 3.63) is 60.4 Å². The number of amides is 1. The topological polar surface area (TPSA) is 42.6 Å². The minimum atomic E-state index is -0.470. The summed E-state index contributed by atoms with van der Waals surface area (Å²) in [6.45, 7) is 7.70. The summed E-state index contributed by atoms with van der Waals surface area (Å²) in [5.74, 6) is 0.824. The van der Waals surface area contributed by atoms with Crippen LogP contribution < -0.4 is 9.30 Å². The predicted molar refractivity (Wildman–Crippen MR) is 99.0 cm³/mol. The molecule has 0 N–H and O–H groups in total. The van der Waals surface area contributed by atoms with Crippen molar-refractivity contribution in [3.63, 3.8) is 0 Å². The highest BCUT2D eigenvalue weighted by Crippen LogP contribution is 2.19. The van der Waals surface area contributed by atoms with E-state index in [4.69, 9.17) is 9.47 Å². The second-order valence-corrected chi connectivity index (χ2v) is 7.65. The van der Waals surface area contributed by atoms with Crippen LogP contribution in [0.25, 0.3) is 0 Å². The molecule has 0 radical (unpaired) electrons. The Morgan fingerprint density at radius 2 is 1.85 bits per heavy atom. The van der Waals surface area contributed by atoms with Crippen LogP contribution in [0.2, 0.25) is 0 Å². The summed E-state index contributed by atoms with van der Waals surface area (Å²) in [6, 6.07) is 14.3. The molecule has 1 aromatic heterocycles. The smallest absolute Gasteiger partial charge is 0.410 e. The van der Waals surface area contributed by atoms with Crippen LogP contribution in [0.3, 0.4) is 0 Å². The third-order valence-electron chi connectivity index (χ3n) is 4.17. The molecular formula is C21H27N2O3+. The summed E-state index contributed by atoms with van der Waals surface area (Å²) in [5.41, 5.74) is 0.789. The van der Waals surface area contributed by atoms with Crippen molar-refractivity contribution in [1.82, 2.24) is 4.90 Å². The van der Waals surface area contributed by atoms with Crippen LogP contribution in [0.1, 0.15) is 32.8 Å². The maximum atomic E-state index is 12.1. The van der Waals surface area contributed by atoms with E-state index in [-0.39, 0.29) is 12.2 Å². The maximum Gasteiger partial charge on any atom is 0.410 e. The lowest BCUT2D eigenvalue weighted by atomic mass is 10.2. The molecule has 3 rings (SSSR count). The average molecular weight is 355 g/mol. The molecule has 1 aliphatic rings. The Hall–Kier alpha value is -2.56. The zero-order valence-electron chi connectivity index (χ0n) is 15.7. The van der Waals surface area contributed by atoms with Crippen molar-refractivity contribution >= 4 is 6.09 Å². The van der Waals surface area contributed by atoms with Gasteiger partial charge < -0.3 is 14.4 Å². The average Bonchev–Trinajstić information content (AvgIpc) is 3.05. The van der Waals surface area contributed by atoms with Gasteiger partial charge in [-0.15, -0.1) is 0 Å². The van der Waals surface area contributed by atoms with E-state index in [1.54, 1.807) is 4.90 Å². The maximum absolute atomic E-state index is 12.1. The highest BCUT2D eigenvalue weighted by atomic mass is 16.6. The van der Waals surface area contributed by atoms with Crippen molar-refractivity contribution in [2.45, 2.75) is 45.4 Å². The molecule has 2 aromatic rings. The molecule has 2 heterocycles. The zero-order valence-corrected chi connectivity index (χ0v) is 15.7. The monoisotopic (exact) mass is 355 g/mol. The van der Waals surface area contributed by atoms with Crippen molar-refractivity contribution in [1.29, 1.82) is 0 Å². The second kappa shape index (κ2) is 7.77. The highest BCUT2D eigenvalue weighted by Gasteiger charge is 2.30. The van der Waals surface area contributed by atoms with Gasteiger partial charge in [0.1, 0.15) is 17.5 Å². The fraction of sp³-hybridized carbons (Fsp3) is 0.429. The summed E-state index contributed by atoms with van der Waals surface area (Å²) < 4.78 is 13.6. The normalized spacial score (nSPS) is 17.2. The van der Waals surface area contributed by atoms with Crippen molar-refractivity contribution in [3.8, 4) is 5.75 Å². The Bertz CT molecular complexity index is 723. The third kappa shape index (κ3) is 5.22. The molecule has 138 valence electrons. The van der Waals surface area contributed by atoms with Crippen molar-refractivity contribution < 1.29 is 18.8 Å². The standard InChI is InChI=1S/C21H27N2O3/c1-21(2,3)26-20(24)23-14-11-19(16-23)25-18-9-12-22(13-10-18)15-17-7-5-4-6-8-17/h4-10,12-13,19H,11,14-16H2,1-3H3/q+1/t19-/m0/s1. The minimum Gasteiger partial charge on any atom is -0.488 e.